The first-order valence-corrected chi connectivity index (χ1v) is 6.85. The predicted octanol–water partition coefficient (Wildman–Crippen LogP) is 3.50. The number of rotatable bonds is 4. The molecule has 3 aromatic rings. The summed E-state index contributed by atoms with van der Waals surface area (Å²) in [5.74, 6) is 0.355. The molecule has 4 nitrogen and oxygen atoms in total. The summed E-state index contributed by atoms with van der Waals surface area (Å²) in [5, 5.41) is 17.6. The summed E-state index contributed by atoms with van der Waals surface area (Å²) in [5.41, 5.74) is 3.77. The van der Waals surface area contributed by atoms with Crippen molar-refractivity contribution in [2.45, 2.75) is 13.5 Å². The van der Waals surface area contributed by atoms with Gasteiger partial charge in [-0.25, -0.2) is 4.68 Å². The lowest BCUT2D eigenvalue weighted by Gasteiger charge is -2.11. The number of nitrogens with one attached hydrogen (secondary N) is 1. The van der Waals surface area contributed by atoms with Crippen LogP contribution in [0.2, 0.25) is 0 Å². The lowest BCUT2D eigenvalue weighted by molar-refractivity contribution is 0.465. The second-order valence-electron chi connectivity index (χ2n) is 4.94. The largest absolute Gasteiger partial charge is 0.507 e. The van der Waals surface area contributed by atoms with Gasteiger partial charge in [0.1, 0.15) is 5.75 Å². The van der Waals surface area contributed by atoms with E-state index in [4.69, 9.17) is 0 Å². The van der Waals surface area contributed by atoms with E-state index in [-0.39, 0.29) is 0 Å². The molecule has 2 N–H and O–H groups in total. The summed E-state index contributed by atoms with van der Waals surface area (Å²) in [6, 6.07) is 15.7. The Bertz CT molecular complexity index is 736. The number of phenols is 1. The molecule has 106 valence electrons. The van der Waals surface area contributed by atoms with Gasteiger partial charge in [0.25, 0.3) is 0 Å². The summed E-state index contributed by atoms with van der Waals surface area (Å²) >= 11 is 0. The average Bonchev–Trinajstić information content (AvgIpc) is 3.03. The van der Waals surface area contributed by atoms with Crippen molar-refractivity contribution in [3.05, 3.63) is 72.1 Å². The fraction of sp³-hybridized carbons (Fsp3) is 0.118. The number of aryl methyl sites for hydroxylation is 1. The van der Waals surface area contributed by atoms with E-state index in [1.54, 1.807) is 6.20 Å². The van der Waals surface area contributed by atoms with E-state index in [1.807, 2.05) is 66.3 Å². The van der Waals surface area contributed by atoms with Gasteiger partial charge in [0.2, 0.25) is 0 Å². The van der Waals surface area contributed by atoms with Gasteiger partial charge in [-0.1, -0.05) is 24.3 Å². The number of phenolic OH excluding ortho intramolecular Hbond substituents is 1. The molecule has 1 heterocycles. The highest BCUT2D eigenvalue weighted by molar-refractivity contribution is 5.52. The molecule has 0 bridgehead atoms. The molecule has 0 fully saturated rings. The Labute approximate surface area is 123 Å². The molecule has 4 heteroatoms. The summed E-state index contributed by atoms with van der Waals surface area (Å²) < 4.78 is 1.81. The molecule has 1 aromatic heterocycles. The maximum absolute atomic E-state index is 10.0. The maximum atomic E-state index is 10.0. The molecule has 0 saturated carbocycles. The van der Waals surface area contributed by atoms with Crippen molar-refractivity contribution in [2.75, 3.05) is 5.32 Å². The van der Waals surface area contributed by atoms with E-state index >= 15 is 0 Å². The minimum Gasteiger partial charge on any atom is -0.507 e. The van der Waals surface area contributed by atoms with Gasteiger partial charge in [-0.3, -0.25) is 0 Å². The second-order valence-corrected chi connectivity index (χ2v) is 4.94. The molecule has 0 radical (unpaired) electrons. The second kappa shape index (κ2) is 5.71. The first kappa shape index (κ1) is 13.2. The number of benzene rings is 2. The topological polar surface area (TPSA) is 50.1 Å². The molecule has 0 saturated heterocycles. The number of hydrogen-bond acceptors (Lipinski definition) is 3. The van der Waals surface area contributed by atoms with Crippen molar-refractivity contribution in [1.29, 1.82) is 0 Å². The van der Waals surface area contributed by atoms with Crippen LogP contribution in [-0.2, 0) is 6.54 Å². The summed E-state index contributed by atoms with van der Waals surface area (Å²) in [6.45, 7) is 2.48. The van der Waals surface area contributed by atoms with Crippen molar-refractivity contribution in [3.63, 3.8) is 0 Å². The van der Waals surface area contributed by atoms with Gasteiger partial charge >= 0.3 is 0 Å². The quantitative estimate of drug-likeness (QED) is 0.768. The lowest BCUT2D eigenvalue weighted by Crippen LogP contribution is -2.01. The Morgan fingerprint density at radius 3 is 2.81 bits per heavy atom. The number of para-hydroxylation sites is 1. The predicted molar refractivity (Wildman–Crippen MR) is 83.7 cm³/mol. The third-order valence-corrected chi connectivity index (χ3v) is 3.42. The highest BCUT2D eigenvalue weighted by Gasteiger charge is 2.04. The Kier molecular flexibility index (Phi) is 3.60. The van der Waals surface area contributed by atoms with Crippen molar-refractivity contribution in [1.82, 2.24) is 9.78 Å². The van der Waals surface area contributed by atoms with Crippen molar-refractivity contribution in [2.24, 2.45) is 0 Å². The Balaban J connectivity index is 1.77. The first-order chi connectivity index (χ1) is 10.2. The van der Waals surface area contributed by atoms with Gasteiger partial charge in [-0.2, -0.15) is 5.10 Å². The Morgan fingerprint density at radius 1 is 1.14 bits per heavy atom. The maximum Gasteiger partial charge on any atom is 0.123 e. The Morgan fingerprint density at radius 2 is 2.00 bits per heavy atom. The van der Waals surface area contributed by atoms with E-state index in [1.165, 1.54) is 0 Å². The molecule has 0 unspecified atom stereocenters. The average molecular weight is 279 g/mol. The number of aromatic hydroxyl groups is 1. The van der Waals surface area contributed by atoms with Crippen LogP contribution < -0.4 is 5.32 Å². The van der Waals surface area contributed by atoms with Gasteiger partial charge < -0.3 is 10.4 Å². The SMILES string of the molecule is Cc1cccc(CNc2cccc(-n3cccn3)c2)c1O. The highest BCUT2D eigenvalue weighted by atomic mass is 16.3. The number of hydrogen-bond donors (Lipinski definition) is 2. The van der Waals surface area contributed by atoms with Crippen LogP contribution in [0, 0.1) is 6.92 Å². The van der Waals surface area contributed by atoms with Crippen molar-refractivity contribution >= 4 is 5.69 Å². The van der Waals surface area contributed by atoms with Crippen LogP contribution in [0.4, 0.5) is 5.69 Å². The van der Waals surface area contributed by atoms with Gasteiger partial charge in [0.05, 0.1) is 5.69 Å². The van der Waals surface area contributed by atoms with Gasteiger partial charge in [0.15, 0.2) is 0 Å². The zero-order chi connectivity index (χ0) is 14.7. The summed E-state index contributed by atoms with van der Waals surface area (Å²) in [4.78, 5) is 0. The van der Waals surface area contributed by atoms with E-state index in [9.17, 15) is 5.11 Å². The molecule has 0 aliphatic rings. The minimum absolute atomic E-state index is 0.355. The summed E-state index contributed by atoms with van der Waals surface area (Å²) in [6.07, 6.45) is 3.66. The Hall–Kier alpha value is -2.75. The molecular weight excluding hydrogens is 262 g/mol. The fourth-order valence-corrected chi connectivity index (χ4v) is 2.24. The third-order valence-electron chi connectivity index (χ3n) is 3.42. The minimum atomic E-state index is 0.355. The summed E-state index contributed by atoms with van der Waals surface area (Å²) in [7, 11) is 0. The van der Waals surface area contributed by atoms with Crippen molar-refractivity contribution < 1.29 is 5.11 Å². The van der Waals surface area contributed by atoms with Gasteiger partial charge in [-0.05, 0) is 36.8 Å². The molecule has 0 amide bonds. The molecule has 0 aliphatic heterocycles. The zero-order valence-corrected chi connectivity index (χ0v) is 11.8. The smallest absolute Gasteiger partial charge is 0.123 e. The van der Waals surface area contributed by atoms with Crippen molar-refractivity contribution in [3.8, 4) is 11.4 Å². The highest BCUT2D eigenvalue weighted by Crippen LogP contribution is 2.23. The number of nitrogens with zero attached hydrogens (tertiary/aromatic N) is 2. The molecule has 2 aromatic carbocycles. The van der Waals surface area contributed by atoms with Crippen LogP contribution in [0.3, 0.4) is 0 Å². The van der Waals surface area contributed by atoms with E-state index in [2.05, 4.69) is 10.4 Å². The molecule has 21 heavy (non-hydrogen) atoms. The first-order valence-electron chi connectivity index (χ1n) is 6.85. The van der Waals surface area contributed by atoms with E-state index < -0.39 is 0 Å². The standard InChI is InChI=1S/C17H17N3O/c1-13-5-2-6-14(17(13)21)12-18-15-7-3-8-16(11-15)20-10-4-9-19-20/h2-11,18,21H,12H2,1H3. The lowest BCUT2D eigenvalue weighted by atomic mass is 10.1. The number of anilines is 1. The third kappa shape index (κ3) is 2.89. The number of aromatic nitrogens is 2. The molecule has 0 atom stereocenters. The van der Waals surface area contributed by atoms with Crippen LogP contribution in [0.1, 0.15) is 11.1 Å². The van der Waals surface area contributed by atoms with Crippen LogP contribution >= 0.6 is 0 Å². The molecule has 3 rings (SSSR count). The monoisotopic (exact) mass is 279 g/mol. The molecule has 0 spiro atoms. The molecular formula is C17H17N3O. The van der Waals surface area contributed by atoms with Crippen LogP contribution in [-0.4, -0.2) is 14.9 Å². The van der Waals surface area contributed by atoms with Gasteiger partial charge in [0, 0.05) is 30.2 Å². The molecule has 0 aliphatic carbocycles. The van der Waals surface area contributed by atoms with Gasteiger partial charge in [-0.15, -0.1) is 0 Å². The van der Waals surface area contributed by atoms with Crippen LogP contribution in [0.5, 0.6) is 5.75 Å². The fourth-order valence-electron chi connectivity index (χ4n) is 2.24. The zero-order valence-electron chi connectivity index (χ0n) is 11.8. The normalized spacial score (nSPS) is 10.5. The van der Waals surface area contributed by atoms with E-state index in [0.29, 0.717) is 12.3 Å². The van der Waals surface area contributed by atoms with E-state index in [0.717, 1.165) is 22.5 Å². The van der Waals surface area contributed by atoms with Crippen LogP contribution in [0.25, 0.3) is 5.69 Å². The van der Waals surface area contributed by atoms with Crippen LogP contribution in [0.15, 0.2) is 60.9 Å².